The van der Waals surface area contributed by atoms with Crippen molar-refractivity contribution in [2.75, 3.05) is 32.8 Å². The molecule has 8 heteroatoms. The van der Waals surface area contributed by atoms with Crippen LogP contribution >= 0.6 is 0 Å². The molecule has 2 aliphatic rings. The van der Waals surface area contributed by atoms with Crippen molar-refractivity contribution in [3.8, 4) is 0 Å². The van der Waals surface area contributed by atoms with Crippen LogP contribution in [-0.4, -0.2) is 74.4 Å². The lowest BCUT2D eigenvalue weighted by Gasteiger charge is -2.42. The van der Waals surface area contributed by atoms with E-state index in [0.717, 1.165) is 59.1 Å². The number of hydrogen-bond acceptors (Lipinski definition) is 4. The molecule has 0 radical (unpaired) electrons. The Hall–Kier alpha value is -2.81. The standard InChI is InChI=1S/C28H33F2N5O/c1-3-10-33-14-21(15-33)35-25-9-8-19(12-20(25)13-31-35)27-26-23(22-6-4-5-7-24(22)32-26)11-18(2)34(27)16-28(29,30)17-36/h4-9,12-13,18,21,27,32,36H,3,10-11,14-17H2,1-2H3/t18-,27-/m1/s1. The van der Waals surface area contributed by atoms with Gasteiger partial charge < -0.3 is 10.1 Å². The molecule has 4 heterocycles. The number of alkyl halides is 2. The number of aromatic amines is 1. The fourth-order valence-corrected chi connectivity index (χ4v) is 6.16. The first-order chi connectivity index (χ1) is 17.4. The van der Waals surface area contributed by atoms with Gasteiger partial charge in [0.2, 0.25) is 0 Å². The van der Waals surface area contributed by atoms with Crippen molar-refractivity contribution in [2.45, 2.75) is 50.7 Å². The first-order valence-electron chi connectivity index (χ1n) is 12.9. The molecule has 0 bridgehead atoms. The van der Waals surface area contributed by atoms with Gasteiger partial charge in [-0.2, -0.15) is 5.10 Å². The minimum absolute atomic E-state index is 0.114. The average molecular weight is 494 g/mol. The third kappa shape index (κ3) is 3.92. The minimum Gasteiger partial charge on any atom is -0.390 e. The van der Waals surface area contributed by atoms with Crippen molar-refractivity contribution in [1.82, 2.24) is 24.6 Å². The van der Waals surface area contributed by atoms with E-state index in [4.69, 9.17) is 5.10 Å². The maximum atomic E-state index is 14.5. The average Bonchev–Trinajstić information content (AvgIpc) is 3.42. The van der Waals surface area contributed by atoms with Gasteiger partial charge in [-0.3, -0.25) is 14.5 Å². The Bertz CT molecular complexity index is 1390. The lowest BCUT2D eigenvalue weighted by Crippen LogP contribution is -2.49. The summed E-state index contributed by atoms with van der Waals surface area (Å²) >= 11 is 0. The fraction of sp³-hybridized carbons (Fsp3) is 0.464. The molecule has 0 spiro atoms. The molecule has 0 saturated carbocycles. The van der Waals surface area contributed by atoms with Crippen LogP contribution in [0, 0.1) is 0 Å². The van der Waals surface area contributed by atoms with E-state index in [2.05, 4.69) is 45.8 Å². The van der Waals surface area contributed by atoms with E-state index in [0.29, 0.717) is 12.5 Å². The highest BCUT2D eigenvalue weighted by Gasteiger charge is 2.41. The van der Waals surface area contributed by atoms with Gasteiger partial charge in [0.15, 0.2) is 0 Å². The topological polar surface area (TPSA) is 60.3 Å². The molecule has 6 nitrogen and oxygen atoms in total. The number of benzene rings is 2. The van der Waals surface area contributed by atoms with Crippen LogP contribution in [0.3, 0.4) is 0 Å². The van der Waals surface area contributed by atoms with Crippen molar-refractivity contribution >= 4 is 21.8 Å². The Labute approximate surface area is 209 Å². The van der Waals surface area contributed by atoms with Gasteiger partial charge in [0.05, 0.1) is 30.3 Å². The summed E-state index contributed by atoms with van der Waals surface area (Å²) in [6, 6.07) is 14.3. The highest BCUT2D eigenvalue weighted by atomic mass is 19.3. The smallest absolute Gasteiger partial charge is 0.283 e. The number of hydrogen-bond donors (Lipinski definition) is 2. The quantitative estimate of drug-likeness (QED) is 0.390. The Morgan fingerprint density at radius 1 is 1.17 bits per heavy atom. The number of fused-ring (bicyclic) bond motifs is 4. The van der Waals surface area contributed by atoms with Crippen LogP contribution < -0.4 is 0 Å². The molecule has 1 saturated heterocycles. The van der Waals surface area contributed by atoms with E-state index in [1.807, 2.05) is 36.2 Å². The Morgan fingerprint density at radius 2 is 1.97 bits per heavy atom. The number of para-hydroxylation sites is 1. The normalized spacial score (nSPS) is 21.8. The molecule has 1 fully saturated rings. The van der Waals surface area contributed by atoms with E-state index in [1.165, 1.54) is 5.56 Å². The highest BCUT2D eigenvalue weighted by molar-refractivity contribution is 5.86. The Kier molecular flexibility index (Phi) is 5.85. The number of rotatable bonds is 7. The number of aliphatic hydroxyl groups is 1. The lowest BCUT2D eigenvalue weighted by atomic mass is 9.88. The predicted octanol–water partition coefficient (Wildman–Crippen LogP) is 4.75. The first kappa shape index (κ1) is 23.6. The van der Waals surface area contributed by atoms with E-state index in [-0.39, 0.29) is 12.1 Å². The van der Waals surface area contributed by atoms with Gasteiger partial charge in [-0.05, 0) is 55.6 Å². The van der Waals surface area contributed by atoms with E-state index in [9.17, 15) is 13.9 Å². The molecule has 6 rings (SSSR count). The molecule has 2 aliphatic heterocycles. The summed E-state index contributed by atoms with van der Waals surface area (Å²) in [7, 11) is 0. The zero-order valence-corrected chi connectivity index (χ0v) is 20.8. The summed E-state index contributed by atoms with van der Waals surface area (Å²) in [5.41, 5.74) is 5.20. The molecule has 0 amide bonds. The number of aliphatic hydroxyl groups excluding tert-OH is 1. The molecular weight excluding hydrogens is 460 g/mol. The highest BCUT2D eigenvalue weighted by Crippen LogP contribution is 2.42. The van der Waals surface area contributed by atoms with Crippen molar-refractivity contribution in [3.05, 3.63) is 65.5 Å². The number of halogens is 2. The third-order valence-corrected chi connectivity index (χ3v) is 7.92. The van der Waals surface area contributed by atoms with Crippen molar-refractivity contribution < 1.29 is 13.9 Å². The Balaban J connectivity index is 1.41. The number of H-pyrrole nitrogens is 1. The zero-order valence-electron chi connectivity index (χ0n) is 20.8. The number of nitrogens with one attached hydrogen (secondary N) is 1. The molecule has 2 aromatic heterocycles. The number of nitrogens with zero attached hydrogens (tertiary/aromatic N) is 4. The monoisotopic (exact) mass is 493 g/mol. The zero-order chi connectivity index (χ0) is 25.0. The van der Waals surface area contributed by atoms with Crippen molar-refractivity contribution in [3.63, 3.8) is 0 Å². The summed E-state index contributed by atoms with van der Waals surface area (Å²) < 4.78 is 31.2. The van der Waals surface area contributed by atoms with Gasteiger partial charge >= 0.3 is 0 Å². The number of aromatic nitrogens is 3. The summed E-state index contributed by atoms with van der Waals surface area (Å²) in [6.07, 6.45) is 3.72. The van der Waals surface area contributed by atoms with Crippen LogP contribution in [-0.2, 0) is 6.42 Å². The van der Waals surface area contributed by atoms with E-state index < -0.39 is 19.1 Å². The van der Waals surface area contributed by atoms with Gasteiger partial charge in [0.25, 0.3) is 5.92 Å². The maximum Gasteiger partial charge on any atom is 0.283 e. The van der Waals surface area contributed by atoms with Gasteiger partial charge in [-0.25, -0.2) is 8.78 Å². The Morgan fingerprint density at radius 3 is 2.75 bits per heavy atom. The van der Waals surface area contributed by atoms with Gasteiger partial charge in [-0.1, -0.05) is 31.2 Å². The van der Waals surface area contributed by atoms with Gasteiger partial charge in [0.1, 0.15) is 6.61 Å². The lowest BCUT2D eigenvalue weighted by molar-refractivity contribution is -0.0864. The van der Waals surface area contributed by atoms with Crippen LogP contribution in [0.2, 0.25) is 0 Å². The summed E-state index contributed by atoms with van der Waals surface area (Å²) in [4.78, 5) is 7.83. The minimum atomic E-state index is -3.18. The largest absolute Gasteiger partial charge is 0.390 e. The molecule has 2 aromatic carbocycles. The van der Waals surface area contributed by atoms with E-state index >= 15 is 0 Å². The van der Waals surface area contributed by atoms with Crippen LogP contribution in [0.1, 0.15) is 49.2 Å². The second-order valence-corrected chi connectivity index (χ2v) is 10.5. The summed E-state index contributed by atoms with van der Waals surface area (Å²) in [5.74, 6) is -3.18. The summed E-state index contributed by atoms with van der Waals surface area (Å²) in [6.45, 7) is 5.66. The first-order valence-corrected chi connectivity index (χ1v) is 12.9. The molecule has 0 aliphatic carbocycles. The second kappa shape index (κ2) is 8.94. The molecule has 2 N–H and O–H groups in total. The molecular formula is C28H33F2N5O. The third-order valence-electron chi connectivity index (χ3n) is 7.92. The molecule has 36 heavy (non-hydrogen) atoms. The molecule has 190 valence electrons. The summed E-state index contributed by atoms with van der Waals surface area (Å²) in [5, 5.41) is 16.2. The van der Waals surface area contributed by atoms with Crippen LogP contribution in [0.25, 0.3) is 21.8 Å². The molecule has 4 aromatic rings. The maximum absolute atomic E-state index is 14.5. The SMILES string of the molecule is CCCN1CC(n2ncc3cc([C@@H]4c5[nH]c6ccccc6c5C[C@@H](C)N4CC(F)(F)CO)ccc32)C1. The van der Waals surface area contributed by atoms with Crippen LogP contribution in [0.5, 0.6) is 0 Å². The predicted molar refractivity (Wildman–Crippen MR) is 138 cm³/mol. The van der Waals surface area contributed by atoms with E-state index in [1.54, 1.807) is 0 Å². The molecule has 2 atom stereocenters. The van der Waals surface area contributed by atoms with Crippen molar-refractivity contribution in [2.24, 2.45) is 0 Å². The van der Waals surface area contributed by atoms with Gasteiger partial charge in [0, 0.05) is 41.1 Å². The van der Waals surface area contributed by atoms with Crippen LogP contribution in [0.15, 0.2) is 48.7 Å². The molecule has 0 unspecified atom stereocenters. The fourth-order valence-electron chi connectivity index (χ4n) is 6.16. The number of likely N-dealkylation sites (tertiary alicyclic amines) is 1. The van der Waals surface area contributed by atoms with Gasteiger partial charge in [-0.15, -0.1) is 0 Å². The van der Waals surface area contributed by atoms with Crippen LogP contribution in [0.4, 0.5) is 8.78 Å². The van der Waals surface area contributed by atoms with Crippen molar-refractivity contribution in [1.29, 1.82) is 0 Å². The second-order valence-electron chi connectivity index (χ2n) is 10.5.